The van der Waals surface area contributed by atoms with E-state index in [9.17, 15) is 79.9 Å². The van der Waals surface area contributed by atoms with E-state index in [1.807, 2.05) is 4.58 Å². The molecule has 0 bridgehead atoms. The molecule has 7 N–H and O–H groups in total. The number of hydrogen-bond acceptors (Lipinski definition) is 16. The average Bonchev–Trinajstić information content (AvgIpc) is 3.81. The molecule has 74 heavy (non-hydrogen) atoms. The van der Waals surface area contributed by atoms with E-state index in [-0.39, 0.29) is 72.5 Å². The Morgan fingerprint density at radius 3 is 1.76 bits per heavy atom. The first-order valence-electron chi connectivity index (χ1n) is 22.4. The number of ether oxygens (including phenoxy) is 1. The number of unbranched alkanes of at least 4 members (excludes halogenated alkanes) is 2. The summed E-state index contributed by atoms with van der Waals surface area (Å²) in [5.74, 6) is -2.49. The molecule has 0 spiro atoms. The van der Waals surface area contributed by atoms with Crippen molar-refractivity contribution in [1.82, 2.24) is 4.73 Å². The number of hydrogen-bond donors (Lipinski definition) is 7. The van der Waals surface area contributed by atoms with Crippen LogP contribution in [0.3, 0.4) is 0 Å². The van der Waals surface area contributed by atoms with Crippen molar-refractivity contribution < 1.29 is 94.0 Å². The van der Waals surface area contributed by atoms with E-state index in [1.54, 1.807) is 50.0 Å². The van der Waals surface area contributed by atoms with Crippen LogP contribution in [0.15, 0.2) is 104 Å². The summed E-state index contributed by atoms with van der Waals surface area (Å²) in [7, 11) is -23.5. The summed E-state index contributed by atoms with van der Waals surface area (Å²) in [6.07, 6.45) is 5.65. The van der Waals surface area contributed by atoms with Gasteiger partial charge in [-0.15, -0.1) is 4.73 Å². The molecule has 0 amide bonds. The topological polar surface area (TPSA) is 359 Å². The summed E-state index contributed by atoms with van der Waals surface area (Å²) in [5.41, 5.74) is -0.111. The summed E-state index contributed by atoms with van der Waals surface area (Å²) < 4.78 is 184. The SMILES string of the molecule is COCCN1C(=CC=CC2=[N+](CCCCCC(=O)On3c(O)ccc3O)c3ccc4c(S(=O)(=O)O)cc(S(=O)(=O)O)cc4c3C2(C)C)C(C)(CCCS(=O)(=O)O)c2c1ccc1c(S(=O)(=O)O)cc(S(=O)(=O)O)cc21. The number of carbonyl (C=O) groups is 1. The molecule has 2 aliphatic rings. The lowest BCUT2D eigenvalue weighted by Gasteiger charge is -2.31. The number of anilines is 1. The third-order valence-electron chi connectivity index (χ3n) is 13.2. The van der Waals surface area contributed by atoms with Crippen LogP contribution in [0.2, 0.25) is 0 Å². The molecule has 28 heteroatoms. The third kappa shape index (κ3) is 11.1. The van der Waals surface area contributed by atoms with Crippen LogP contribution in [-0.4, -0.2) is 129 Å². The molecule has 2 aliphatic heterocycles. The van der Waals surface area contributed by atoms with Gasteiger partial charge in [-0.2, -0.15) is 46.7 Å². The van der Waals surface area contributed by atoms with Crippen molar-refractivity contribution >= 4 is 95.2 Å². The Bertz CT molecular complexity index is 3810. The molecule has 4 aromatic carbocycles. The van der Waals surface area contributed by atoms with Crippen LogP contribution in [0.5, 0.6) is 11.8 Å². The largest absolute Gasteiger partial charge is 0.492 e. The molecule has 0 aliphatic carbocycles. The number of fused-ring (bicyclic) bond motifs is 6. The van der Waals surface area contributed by atoms with E-state index in [0.29, 0.717) is 58.1 Å². The molecule has 23 nitrogen and oxygen atoms in total. The van der Waals surface area contributed by atoms with Gasteiger partial charge in [0.05, 0.1) is 27.6 Å². The Balaban J connectivity index is 1.40. The summed E-state index contributed by atoms with van der Waals surface area (Å²) in [6, 6.07) is 11.4. The summed E-state index contributed by atoms with van der Waals surface area (Å²) in [5, 5.41) is 19.5. The van der Waals surface area contributed by atoms with Crippen molar-refractivity contribution in [2.45, 2.75) is 89.7 Å². The highest BCUT2D eigenvalue weighted by Crippen LogP contribution is 2.54. The van der Waals surface area contributed by atoms with Gasteiger partial charge in [-0.3, -0.25) is 22.8 Å². The fourth-order valence-electron chi connectivity index (χ4n) is 9.98. The predicted molar refractivity (Wildman–Crippen MR) is 267 cm³/mol. The number of aromatic nitrogens is 1. The molecule has 1 aromatic heterocycles. The zero-order chi connectivity index (χ0) is 54.7. The lowest BCUT2D eigenvalue weighted by Crippen LogP contribution is -2.31. The van der Waals surface area contributed by atoms with Gasteiger partial charge in [-0.1, -0.05) is 12.1 Å². The summed E-state index contributed by atoms with van der Waals surface area (Å²) in [4.78, 5) is 16.1. The van der Waals surface area contributed by atoms with Crippen LogP contribution in [0.4, 0.5) is 11.4 Å². The first-order chi connectivity index (χ1) is 34.2. The van der Waals surface area contributed by atoms with E-state index in [4.69, 9.17) is 9.57 Å². The Hall–Kier alpha value is -5.79. The van der Waals surface area contributed by atoms with Gasteiger partial charge in [-0.05, 0) is 105 Å². The molecule has 0 radical (unpaired) electrons. The lowest BCUT2D eigenvalue weighted by molar-refractivity contribution is -0.438. The Morgan fingerprint density at radius 1 is 0.676 bits per heavy atom. The minimum atomic E-state index is -5.14. The minimum Gasteiger partial charge on any atom is -0.492 e. The molecule has 0 saturated carbocycles. The second kappa shape index (κ2) is 20.1. The smallest absolute Gasteiger partial charge is 0.333 e. The number of nitrogens with zero attached hydrogens (tertiary/aromatic N) is 3. The van der Waals surface area contributed by atoms with Crippen LogP contribution in [0.1, 0.15) is 70.4 Å². The predicted octanol–water partition coefficient (Wildman–Crippen LogP) is 5.32. The summed E-state index contributed by atoms with van der Waals surface area (Å²) in [6.45, 7) is 5.59. The Labute approximate surface area is 426 Å². The zero-order valence-corrected chi connectivity index (χ0v) is 44.0. The molecule has 1 atom stereocenters. The fraction of sp³-hybridized carbons (Fsp3) is 0.348. The monoisotopic (exact) mass is 1130 g/mol. The fourth-order valence-corrected chi connectivity index (χ4v) is 13.2. The number of methoxy groups -OCH3 is 1. The maximum atomic E-state index is 12.8. The third-order valence-corrected chi connectivity index (χ3v) is 17.4. The van der Waals surface area contributed by atoms with Crippen molar-refractivity contribution in [2.24, 2.45) is 0 Å². The maximum absolute atomic E-state index is 12.8. The number of carbonyl (C=O) groups excluding carboxylic acids is 1. The van der Waals surface area contributed by atoms with E-state index in [0.717, 1.165) is 24.3 Å². The molecule has 1 unspecified atom stereocenters. The first kappa shape index (κ1) is 55.9. The van der Waals surface area contributed by atoms with Gasteiger partial charge in [0.2, 0.25) is 17.4 Å². The van der Waals surface area contributed by atoms with Crippen molar-refractivity contribution in [1.29, 1.82) is 0 Å². The van der Waals surface area contributed by atoms with Crippen molar-refractivity contribution in [3.63, 3.8) is 0 Å². The van der Waals surface area contributed by atoms with E-state index >= 15 is 0 Å². The zero-order valence-electron chi connectivity index (χ0n) is 39.9. The Morgan fingerprint density at radius 2 is 1.23 bits per heavy atom. The highest BCUT2D eigenvalue weighted by molar-refractivity contribution is 7.87. The molecule has 400 valence electrons. The van der Waals surface area contributed by atoms with Crippen LogP contribution in [-0.2, 0) is 71.0 Å². The van der Waals surface area contributed by atoms with Gasteiger partial charge in [0.25, 0.3) is 50.6 Å². The van der Waals surface area contributed by atoms with E-state index < -0.39 is 104 Å². The summed E-state index contributed by atoms with van der Waals surface area (Å²) >= 11 is 0. The van der Waals surface area contributed by atoms with Crippen molar-refractivity contribution in [3.05, 3.63) is 95.7 Å². The number of allylic oxidation sites excluding steroid dienone is 4. The molecular weight excluding hydrogens is 1070 g/mol. The van der Waals surface area contributed by atoms with Crippen molar-refractivity contribution in [2.75, 3.05) is 37.5 Å². The lowest BCUT2D eigenvalue weighted by atomic mass is 9.75. The molecule has 3 heterocycles. The quantitative estimate of drug-likeness (QED) is 0.0294. The molecule has 5 aromatic rings. The molecule has 0 fully saturated rings. The number of benzene rings is 4. The van der Waals surface area contributed by atoms with Crippen LogP contribution < -0.4 is 9.74 Å². The highest BCUT2D eigenvalue weighted by Gasteiger charge is 2.48. The molecule has 0 saturated heterocycles. The number of aromatic hydroxyl groups is 2. The van der Waals surface area contributed by atoms with Gasteiger partial charge in [-0.25, -0.2) is 4.79 Å². The van der Waals surface area contributed by atoms with Crippen molar-refractivity contribution in [3.8, 4) is 11.8 Å². The van der Waals surface area contributed by atoms with Gasteiger partial charge in [0.1, 0.15) is 16.3 Å². The van der Waals surface area contributed by atoms with Gasteiger partial charge in [0.15, 0.2) is 5.71 Å². The first-order valence-corrected chi connectivity index (χ1v) is 29.8. The minimum absolute atomic E-state index is 0.0444. The maximum Gasteiger partial charge on any atom is 0.333 e. The van der Waals surface area contributed by atoms with Crippen LogP contribution >= 0.6 is 0 Å². The average molecular weight is 1130 g/mol. The van der Waals surface area contributed by atoms with E-state index in [2.05, 4.69) is 0 Å². The van der Waals surface area contributed by atoms with E-state index in [1.165, 1.54) is 25.3 Å². The van der Waals surface area contributed by atoms with Gasteiger partial charge >= 0.3 is 5.97 Å². The van der Waals surface area contributed by atoms with Gasteiger partial charge < -0.3 is 24.7 Å². The number of rotatable bonds is 20. The molecular formula is C46H52N3O20S5+. The Kier molecular flexibility index (Phi) is 15.2. The normalized spacial score (nSPS) is 17.8. The second-order valence-corrected chi connectivity index (χ2v) is 25.6. The standard InChI is InChI=1S/C46H51N3O20S5/c1-45(2)38(47(20-7-5-6-12-42(52)69-49-40(50)17-18-41(49)51)34-15-13-30-32(43(34)45)24-28(71(56,57)58)26-36(30)73(62,63)64)10-8-11-39-46(3,19-9-23-70(53,54)55)44-33-25-29(72(59,60)61)27-37(74(65,66)67)31(33)14-16-35(44)48(39)21-22-68-4/h8,10-11,13-18,24-27H,5-7,9,12,19-23H2,1-4H3,(H6-,50,51,53,54,55,56,57,58,59,60,61,62,63,64,65,66,67)/p+1. The molecule has 7 rings (SSSR count). The van der Waals surface area contributed by atoms with Crippen LogP contribution in [0, 0.1) is 0 Å². The van der Waals surface area contributed by atoms with Gasteiger partial charge in [0, 0.05) is 83.9 Å². The highest BCUT2D eigenvalue weighted by atomic mass is 32.2. The van der Waals surface area contributed by atoms with Crippen LogP contribution in [0.25, 0.3) is 21.5 Å². The second-order valence-electron chi connectivity index (χ2n) is 18.4.